The van der Waals surface area contributed by atoms with Gasteiger partial charge in [0.15, 0.2) is 0 Å². The summed E-state index contributed by atoms with van der Waals surface area (Å²) in [5.74, 6) is 2.56. The fourth-order valence-electron chi connectivity index (χ4n) is 3.54. The van der Waals surface area contributed by atoms with E-state index in [1.807, 2.05) is 6.07 Å². The van der Waals surface area contributed by atoms with E-state index in [0.29, 0.717) is 0 Å². The van der Waals surface area contributed by atoms with Crippen LogP contribution in [0.4, 0.5) is 0 Å². The predicted molar refractivity (Wildman–Crippen MR) is 83.7 cm³/mol. The van der Waals surface area contributed by atoms with Crippen LogP contribution in [0.15, 0.2) is 24.3 Å². The Labute approximate surface area is 122 Å². The van der Waals surface area contributed by atoms with E-state index in [0.717, 1.165) is 29.3 Å². The van der Waals surface area contributed by atoms with Gasteiger partial charge in [0.25, 0.3) is 0 Å². The Hall–Kier alpha value is -0.530. The Morgan fingerprint density at radius 2 is 2.11 bits per heavy atom. The highest BCUT2D eigenvalue weighted by Gasteiger charge is 2.29. The van der Waals surface area contributed by atoms with Crippen molar-refractivity contribution in [2.45, 2.75) is 39.0 Å². The first-order chi connectivity index (χ1) is 9.22. The van der Waals surface area contributed by atoms with Crippen LogP contribution in [-0.2, 0) is 6.42 Å². The van der Waals surface area contributed by atoms with Crippen molar-refractivity contribution in [1.29, 1.82) is 0 Å². The molecule has 1 N–H and O–H groups in total. The van der Waals surface area contributed by atoms with Crippen LogP contribution < -0.4 is 5.32 Å². The Morgan fingerprint density at radius 3 is 2.79 bits per heavy atom. The molecule has 1 fully saturated rings. The number of halogens is 1. The van der Waals surface area contributed by atoms with Crippen LogP contribution >= 0.6 is 11.6 Å². The van der Waals surface area contributed by atoms with Crippen molar-refractivity contribution >= 4 is 11.6 Å². The molecule has 0 aliphatic heterocycles. The summed E-state index contributed by atoms with van der Waals surface area (Å²) >= 11 is 6.10. The van der Waals surface area contributed by atoms with Crippen LogP contribution in [0.2, 0.25) is 5.02 Å². The van der Waals surface area contributed by atoms with Gasteiger partial charge in [0.1, 0.15) is 0 Å². The molecule has 19 heavy (non-hydrogen) atoms. The van der Waals surface area contributed by atoms with Crippen LogP contribution in [-0.4, -0.2) is 13.6 Å². The average Bonchev–Trinajstić information content (AvgIpc) is 2.41. The molecule has 1 saturated carbocycles. The molecule has 0 radical (unpaired) electrons. The molecule has 2 rings (SSSR count). The van der Waals surface area contributed by atoms with Gasteiger partial charge in [-0.25, -0.2) is 0 Å². The molecule has 1 aliphatic carbocycles. The molecule has 0 heterocycles. The lowest BCUT2D eigenvalue weighted by Crippen LogP contribution is -2.33. The minimum absolute atomic E-state index is 0.810. The van der Waals surface area contributed by atoms with E-state index < -0.39 is 0 Å². The van der Waals surface area contributed by atoms with Crippen LogP contribution in [0.3, 0.4) is 0 Å². The molecule has 0 spiro atoms. The average molecular weight is 280 g/mol. The molecule has 1 nitrogen and oxygen atoms in total. The molecule has 0 saturated heterocycles. The number of benzene rings is 1. The van der Waals surface area contributed by atoms with E-state index in [4.69, 9.17) is 11.6 Å². The highest BCUT2D eigenvalue weighted by Crippen LogP contribution is 2.37. The normalized spacial score (nSPS) is 27.4. The first-order valence-corrected chi connectivity index (χ1v) is 7.99. The topological polar surface area (TPSA) is 12.0 Å². The van der Waals surface area contributed by atoms with Gasteiger partial charge >= 0.3 is 0 Å². The van der Waals surface area contributed by atoms with Gasteiger partial charge in [0.2, 0.25) is 0 Å². The maximum Gasteiger partial charge on any atom is 0.0408 e. The summed E-state index contributed by atoms with van der Waals surface area (Å²) in [6.07, 6.45) is 6.69. The zero-order valence-corrected chi connectivity index (χ0v) is 12.9. The van der Waals surface area contributed by atoms with Gasteiger partial charge in [-0.1, -0.05) is 43.5 Å². The number of nitrogens with one attached hydrogen (secondary N) is 1. The first kappa shape index (κ1) is 14.9. The van der Waals surface area contributed by atoms with Crippen LogP contribution in [0.5, 0.6) is 0 Å². The maximum absolute atomic E-state index is 6.10. The molecular weight excluding hydrogens is 254 g/mol. The Kier molecular flexibility index (Phi) is 5.72. The third-order valence-corrected chi connectivity index (χ3v) is 4.91. The van der Waals surface area contributed by atoms with Crippen molar-refractivity contribution in [1.82, 2.24) is 5.32 Å². The van der Waals surface area contributed by atoms with Crippen molar-refractivity contribution in [2.75, 3.05) is 13.6 Å². The SMILES string of the molecule is CCC1CCC(CNC)C(Cc2cccc(Cl)c2)C1. The highest BCUT2D eigenvalue weighted by molar-refractivity contribution is 6.30. The van der Waals surface area contributed by atoms with E-state index in [-0.39, 0.29) is 0 Å². The van der Waals surface area contributed by atoms with Crippen molar-refractivity contribution in [2.24, 2.45) is 17.8 Å². The van der Waals surface area contributed by atoms with Gasteiger partial charge in [-0.15, -0.1) is 0 Å². The fraction of sp³-hybridized carbons (Fsp3) is 0.647. The second-order valence-corrected chi connectivity index (χ2v) is 6.44. The third-order valence-electron chi connectivity index (χ3n) is 4.68. The van der Waals surface area contributed by atoms with Crippen LogP contribution in [0.25, 0.3) is 0 Å². The molecular formula is C17H26ClN. The highest BCUT2D eigenvalue weighted by atomic mass is 35.5. The monoisotopic (exact) mass is 279 g/mol. The molecule has 1 aromatic carbocycles. The molecule has 0 bridgehead atoms. The summed E-state index contributed by atoms with van der Waals surface area (Å²) in [5.41, 5.74) is 1.40. The Bertz CT molecular complexity index is 391. The van der Waals surface area contributed by atoms with Gasteiger partial charge in [-0.05, 0) is 68.3 Å². The molecule has 0 aromatic heterocycles. The molecule has 1 aliphatic rings. The quantitative estimate of drug-likeness (QED) is 0.834. The summed E-state index contributed by atoms with van der Waals surface area (Å²) in [5, 5.41) is 4.24. The van der Waals surface area contributed by atoms with E-state index in [1.165, 1.54) is 37.7 Å². The van der Waals surface area contributed by atoms with Crippen molar-refractivity contribution < 1.29 is 0 Å². The van der Waals surface area contributed by atoms with E-state index in [9.17, 15) is 0 Å². The Morgan fingerprint density at radius 1 is 1.26 bits per heavy atom. The molecule has 3 unspecified atom stereocenters. The Balaban J connectivity index is 2.04. The summed E-state index contributed by atoms with van der Waals surface area (Å²) < 4.78 is 0. The third kappa shape index (κ3) is 4.22. The smallest absolute Gasteiger partial charge is 0.0408 e. The minimum atomic E-state index is 0.810. The lowest BCUT2D eigenvalue weighted by molar-refractivity contribution is 0.173. The number of hydrogen-bond donors (Lipinski definition) is 1. The van der Waals surface area contributed by atoms with Crippen molar-refractivity contribution in [3.63, 3.8) is 0 Å². The largest absolute Gasteiger partial charge is 0.319 e. The lowest BCUT2D eigenvalue weighted by Gasteiger charge is -2.36. The van der Waals surface area contributed by atoms with Gasteiger partial charge in [0, 0.05) is 5.02 Å². The number of rotatable bonds is 5. The lowest BCUT2D eigenvalue weighted by atomic mass is 9.71. The zero-order chi connectivity index (χ0) is 13.7. The van der Waals surface area contributed by atoms with Gasteiger partial charge < -0.3 is 5.32 Å². The molecule has 106 valence electrons. The van der Waals surface area contributed by atoms with Crippen molar-refractivity contribution in [3.8, 4) is 0 Å². The summed E-state index contributed by atoms with van der Waals surface area (Å²) in [7, 11) is 2.07. The summed E-state index contributed by atoms with van der Waals surface area (Å²) in [4.78, 5) is 0. The summed E-state index contributed by atoms with van der Waals surface area (Å²) in [6.45, 7) is 3.49. The zero-order valence-electron chi connectivity index (χ0n) is 12.2. The molecule has 3 atom stereocenters. The number of hydrogen-bond acceptors (Lipinski definition) is 1. The van der Waals surface area contributed by atoms with E-state index in [1.54, 1.807) is 0 Å². The van der Waals surface area contributed by atoms with E-state index in [2.05, 4.69) is 37.5 Å². The first-order valence-electron chi connectivity index (χ1n) is 7.62. The van der Waals surface area contributed by atoms with Gasteiger partial charge in [-0.3, -0.25) is 0 Å². The standard InChI is InChI=1S/C17H26ClN/c1-3-13-7-8-15(12-19-2)16(9-13)10-14-5-4-6-17(18)11-14/h4-6,11,13,15-16,19H,3,7-10,12H2,1-2H3. The van der Waals surface area contributed by atoms with E-state index >= 15 is 0 Å². The van der Waals surface area contributed by atoms with Gasteiger partial charge in [0.05, 0.1) is 0 Å². The predicted octanol–water partition coefficient (Wildman–Crippen LogP) is 4.54. The fourth-order valence-corrected chi connectivity index (χ4v) is 3.76. The van der Waals surface area contributed by atoms with Crippen LogP contribution in [0.1, 0.15) is 38.2 Å². The van der Waals surface area contributed by atoms with Crippen LogP contribution in [0, 0.1) is 17.8 Å². The minimum Gasteiger partial charge on any atom is -0.319 e. The van der Waals surface area contributed by atoms with Crippen molar-refractivity contribution in [3.05, 3.63) is 34.9 Å². The molecule has 2 heteroatoms. The molecule has 0 amide bonds. The second kappa shape index (κ2) is 7.31. The molecule has 1 aromatic rings. The second-order valence-electron chi connectivity index (χ2n) is 6.00. The van der Waals surface area contributed by atoms with Gasteiger partial charge in [-0.2, -0.15) is 0 Å². The maximum atomic E-state index is 6.10. The summed E-state index contributed by atoms with van der Waals surface area (Å²) in [6, 6.07) is 8.39.